The van der Waals surface area contributed by atoms with Crippen LogP contribution in [0.15, 0.2) is 53.4 Å². The van der Waals surface area contributed by atoms with Gasteiger partial charge in [0.25, 0.3) is 0 Å². The fraction of sp³-hybridized carbons (Fsp3) is 0.381. The highest BCUT2D eigenvalue weighted by Crippen LogP contribution is 2.23. The van der Waals surface area contributed by atoms with Gasteiger partial charge in [0.05, 0.1) is 19.1 Å². The summed E-state index contributed by atoms with van der Waals surface area (Å²) in [7, 11) is -0.841. The van der Waals surface area contributed by atoms with Crippen molar-refractivity contribution in [2.75, 3.05) is 14.2 Å². The molecule has 7 heteroatoms. The summed E-state index contributed by atoms with van der Waals surface area (Å²) < 4.78 is 35.5. The van der Waals surface area contributed by atoms with Crippen LogP contribution >= 0.6 is 0 Å². The number of carboxylic acids is 1. The molecule has 0 aromatic heterocycles. The van der Waals surface area contributed by atoms with Gasteiger partial charge in [-0.15, -0.1) is 0 Å². The van der Waals surface area contributed by atoms with Crippen molar-refractivity contribution in [2.24, 2.45) is 0 Å². The highest BCUT2D eigenvalue weighted by atomic mass is 32.2. The molecule has 1 N–H and O–H groups in total. The number of methoxy groups -OCH3 is 2. The number of ether oxygens (including phenoxy) is 2. The highest BCUT2D eigenvalue weighted by molar-refractivity contribution is 7.92. The molecule has 0 aliphatic heterocycles. The smallest absolute Gasteiger partial charge is 0.322 e. The molecule has 0 saturated heterocycles. The Morgan fingerprint density at radius 2 is 1.43 bits per heavy atom. The summed E-state index contributed by atoms with van der Waals surface area (Å²) in [6.07, 6.45) is 3.09. The summed E-state index contributed by atoms with van der Waals surface area (Å²) in [5.41, 5.74) is 1.17. The first-order valence-corrected chi connectivity index (χ1v) is 10.7. The maximum absolute atomic E-state index is 12.7. The van der Waals surface area contributed by atoms with Crippen LogP contribution in [0.3, 0.4) is 0 Å². The van der Waals surface area contributed by atoms with Crippen LogP contribution in [0, 0.1) is 0 Å². The predicted octanol–water partition coefficient (Wildman–Crippen LogP) is 3.73. The number of aryl methyl sites for hydroxylation is 1. The van der Waals surface area contributed by atoms with E-state index in [0.717, 1.165) is 25.0 Å². The van der Waals surface area contributed by atoms with Gasteiger partial charge in [0.15, 0.2) is 15.1 Å². The monoisotopic (exact) mass is 406 g/mol. The standard InChI is InChI=1S/C21H26O6S/c1-26-17-10-8-16(9-11-17)6-4-3-5-7-20(21(22)23)28(24,25)19-14-12-18(27-2)13-15-19/h8-15,20H,3-7H2,1-2H3,(H,22,23). The topological polar surface area (TPSA) is 89.9 Å². The number of unbranched alkanes of at least 4 members (excludes halogenated alkanes) is 2. The number of hydrogen-bond donors (Lipinski definition) is 1. The molecule has 0 aliphatic rings. The number of carbonyl (C=O) groups is 1. The van der Waals surface area contributed by atoms with E-state index < -0.39 is 21.1 Å². The van der Waals surface area contributed by atoms with Gasteiger partial charge in [-0.05, 0) is 61.2 Å². The molecule has 152 valence electrons. The van der Waals surface area contributed by atoms with Gasteiger partial charge < -0.3 is 14.6 Å². The second-order valence-corrected chi connectivity index (χ2v) is 8.63. The van der Waals surface area contributed by atoms with E-state index in [0.29, 0.717) is 12.2 Å². The van der Waals surface area contributed by atoms with E-state index in [1.165, 1.54) is 36.9 Å². The van der Waals surface area contributed by atoms with Gasteiger partial charge in [-0.1, -0.05) is 25.0 Å². The van der Waals surface area contributed by atoms with Crippen LogP contribution in [0.5, 0.6) is 11.5 Å². The molecule has 2 aromatic rings. The fourth-order valence-corrected chi connectivity index (χ4v) is 4.56. The van der Waals surface area contributed by atoms with Gasteiger partial charge in [-0.2, -0.15) is 0 Å². The molecule has 0 heterocycles. The Morgan fingerprint density at radius 1 is 0.893 bits per heavy atom. The first-order valence-electron chi connectivity index (χ1n) is 9.12. The van der Waals surface area contributed by atoms with Gasteiger partial charge >= 0.3 is 5.97 Å². The quantitative estimate of drug-likeness (QED) is 0.572. The molecule has 0 bridgehead atoms. The molecule has 0 fully saturated rings. The van der Waals surface area contributed by atoms with E-state index in [9.17, 15) is 18.3 Å². The van der Waals surface area contributed by atoms with Crippen molar-refractivity contribution in [1.82, 2.24) is 0 Å². The number of hydrogen-bond acceptors (Lipinski definition) is 5. The lowest BCUT2D eigenvalue weighted by Gasteiger charge is -2.14. The van der Waals surface area contributed by atoms with Gasteiger partial charge in [-0.3, -0.25) is 4.79 Å². The van der Waals surface area contributed by atoms with E-state index in [4.69, 9.17) is 9.47 Å². The van der Waals surface area contributed by atoms with E-state index in [-0.39, 0.29) is 11.3 Å². The minimum absolute atomic E-state index is 0.000988. The third-order valence-electron chi connectivity index (χ3n) is 4.63. The second-order valence-electron chi connectivity index (χ2n) is 6.49. The number of carboxylic acid groups (broad SMARTS) is 1. The Bertz CT molecular complexity index is 857. The van der Waals surface area contributed by atoms with Gasteiger partial charge in [0.1, 0.15) is 11.5 Å². The zero-order valence-corrected chi connectivity index (χ0v) is 16.9. The molecule has 2 rings (SSSR count). The number of benzene rings is 2. The average molecular weight is 407 g/mol. The second kappa shape index (κ2) is 10.1. The molecule has 0 saturated carbocycles. The lowest BCUT2D eigenvalue weighted by molar-refractivity contribution is -0.136. The van der Waals surface area contributed by atoms with Gasteiger partial charge in [-0.25, -0.2) is 8.42 Å². The maximum atomic E-state index is 12.7. The molecule has 0 aliphatic carbocycles. The van der Waals surface area contributed by atoms with Crippen molar-refractivity contribution < 1.29 is 27.8 Å². The van der Waals surface area contributed by atoms with Crippen molar-refractivity contribution >= 4 is 15.8 Å². The molecule has 2 aromatic carbocycles. The Morgan fingerprint density at radius 3 is 1.93 bits per heavy atom. The van der Waals surface area contributed by atoms with Crippen molar-refractivity contribution in [3.63, 3.8) is 0 Å². The van der Waals surface area contributed by atoms with Gasteiger partial charge in [0, 0.05) is 0 Å². The van der Waals surface area contributed by atoms with Crippen molar-refractivity contribution in [2.45, 2.75) is 42.2 Å². The van der Waals surface area contributed by atoms with Crippen LogP contribution in [0.2, 0.25) is 0 Å². The number of rotatable bonds is 11. The lowest BCUT2D eigenvalue weighted by atomic mass is 10.1. The molecule has 0 radical (unpaired) electrons. The maximum Gasteiger partial charge on any atom is 0.322 e. The summed E-state index contributed by atoms with van der Waals surface area (Å²) in [5.74, 6) is 0.00659. The Kier molecular flexibility index (Phi) is 7.87. The van der Waals surface area contributed by atoms with Crippen LogP contribution < -0.4 is 9.47 Å². The molecule has 1 unspecified atom stereocenters. The van der Waals surface area contributed by atoms with Crippen molar-refractivity contribution in [3.05, 3.63) is 54.1 Å². The van der Waals surface area contributed by atoms with Crippen LogP contribution in [-0.4, -0.2) is 39.0 Å². The molecular weight excluding hydrogens is 380 g/mol. The van der Waals surface area contributed by atoms with Crippen molar-refractivity contribution in [1.29, 1.82) is 0 Å². The third-order valence-corrected chi connectivity index (χ3v) is 6.74. The van der Waals surface area contributed by atoms with Crippen LogP contribution in [0.1, 0.15) is 31.2 Å². The third kappa shape index (κ3) is 5.73. The normalized spacial score (nSPS) is 12.4. The summed E-state index contributed by atoms with van der Waals surface area (Å²) in [6, 6.07) is 13.6. The first-order chi connectivity index (χ1) is 13.4. The lowest BCUT2D eigenvalue weighted by Crippen LogP contribution is -2.30. The number of sulfone groups is 1. The first kappa shape index (κ1) is 21.8. The van der Waals surface area contributed by atoms with Crippen LogP contribution in [-0.2, 0) is 21.1 Å². The molecule has 0 spiro atoms. The van der Waals surface area contributed by atoms with E-state index in [1.54, 1.807) is 7.11 Å². The Balaban J connectivity index is 1.90. The summed E-state index contributed by atoms with van der Waals surface area (Å²) in [5, 5.41) is 8.00. The zero-order valence-electron chi connectivity index (χ0n) is 16.1. The molecule has 28 heavy (non-hydrogen) atoms. The molecule has 0 amide bonds. The van der Waals surface area contributed by atoms with Crippen LogP contribution in [0.4, 0.5) is 0 Å². The average Bonchev–Trinajstić information content (AvgIpc) is 2.70. The van der Waals surface area contributed by atoms with E-state index in [1.807, 2.05) is 24.3 Å². The summed E-state index contributed by atoms with van der Waals surface area (Å²) in [6.45, 7) is 0. The summed E-state index contributed by atoms with van der Waals surface area (Å²) in [4.78, 5) is 11.6. The number of aliphatic carboxylic acids is 1. The van der Waals surface area contributed by atoms with Crippen LogP contribution in [0.25, 0.3) is 0 Å². The largest absolute Gasteiger partial charge is 0.497 e. The fourth-order valence-electron chi connectivity index (χ4n) is 2.97. The summed E-state index contributed by atoms with van der Waals surface area (Å²) >= 11 is 0. The van der Waals surface area contributed by atoms with E-state index in [2.05, 4.69) is 0 Å². The molecule has 6 nitrogen and oxygen atoms in total. The minimum atomic E-state index is -3.94. The van der Waals surface area contributed by atoms with Gasteiger partial charge in [0.2, 0.25) is 0 Å². The molecular formula is C21H26O6S. The minimum Gasteiger partial charge on any atom is -0.497 e. The Labute approximate surface area is 166 Å². The highest BCUT2D eigenvalue weighted by Gasteiger charge is 2.33. The SMILES string of the molecule is COc1ccc(CCCCCC(C(=O)O)S(=O)(=O)c2ccc(OC)cc2)cc1. The predicted molar refractivity (Wildman–Crippen MR) is 107 cm³/mol. The van der Waals surface area contributed by atoms with E-state index >= 15 is 0 Å². The van der Waals surface area contributed by atoms with Crippen molar-refractivity contribution in [3.8, 4) is 11.5 Å². The molecule has 1 atom stereocenters. The zero-order chi connectivity index (χ0) is 20.6. The Hall–Kier alpha value is -2.54.